The van der Waals surface area contributed by atoms with Crippen LogP contribution >= 0.6 is 11.8 Å². The number of imide groups is 1. The Labute approximate surface area is 200 Å². The van der Waals surface area contributed by atoms with Crippen molar-refractivity contribution in [3.63, 3.8) is 0 Å². The van der Waals surface area contributed by atoms with Crippen LogP contribution in [0.15, 0.2) is 47.4 Å². The van der Waals surface area contributed by atoms with Gasteiger partial charge >= 0.3 is 11.9 Å². The number of hydrogen-bond acceptors (Lipinski definition) is 9. The van der Waals surface area contributed by atoms with Crippen LogP contribution in [0.3, 0.4) is 0 Å². The molecule has 1 saturated heterocycles. The molecule has 178 valence electrons. The van der Waals surface area contributed by atoms with Gasteiger partial charge in [-0.1, -0.05) is 6.07 Å². The molecule has 1 aliphatic rings. The Morgan fingerprint density at radius 3 is 2.32 bits per heavy atom. The summed E-state index contributed by atoms with van der Waals surface area (Å²) in [7, 11) is 2.96. The summed E-state index contributed by atoms with van der Waals surface area (Å²) in [4.78, 5) is 50.3. The van der Waals surface area contributed by atoms with Crippen LogP contribution in [0, 0.1) is 0 Å². The summed E-state index contributed by atoms with van der Waals surface area (Å²) in [6.45, 7) is 2.89. The highest BCUT2D eigenvalue weighted by atomic mass is 32.2. The van der Waals surface area contributed by atoms with E-state index >= 15 is 0 Å². The average molecular weight is 486 g/mol. The first-order valence-electron chi connectivity index (χ1n) is 10.2. The molecule has 1 aliphatic heterocycles. The molecule has 0 N–H and O–H groups in total. The molecule has 0 bridgehead atoms. The number of esters is 2. The number of carbonyl (C=O) groups excluding carboxylic acids is 4. The number of amides is 2. The Morgan fingerprint density at radius 2 is 1.71 bits per heavy atom. The maximum atomic E-state index is 12.7. The van der Waals surface area contributed by atoms with E-state index in [9.17, 15) is 19.2 Å². The van der Waals surface area contributed by atoms with Gasteiger partial charge in [-0.05, 0) is 73.6 Å². The van der Waals surface area contributed by atoms with E-state index in [1.165, 1.54) is 26.4 Å². The SMILES string of the molecule is COc1ccc(C(=O)Oc2cc(/C=C3\SC(=O)N(CC(=O)OC(C)C)C3=O)ccc2OC)cc1. The summed E-state index contributed by atoms with van der Waals surface area (Å²) in [6.07, 6.45) is 1.12. The molecule has 3 rings (SSSR count). The van der Waals surface area contributed by atoms with Crippen LogP contribution in [0.4, 0.5) is 4.79 Å². The minimum atomic E-state index is -0.671. The Morgan fingerprint density at radius 1 is 1.00 bits per heavy atom. The molecule has 34 heavy (non-hydrogen) atoms. The van der Waals surface area contributed by atoms with Gasteiger partial charge in [0.15, 0.2) is 11.5 Å². The third-order valence-corrected chi connectivity index (χ3v) is 5.45. The molecule has 1 heterocycles. The van der Waals surface area contributed by atoms with E-state index in [1.54, 1.807) is 50.2 Å². The summed E-state index contributed by atoms with van der Waals surface area (Å²) in [5.74, 6) is -0.844. The van der Waals surface area contributed by atoms with Crippen LogP contribution in [-0.4, -0.2) is 54.9 Å². The van der Waals surface area contributed by atoms with Gasteiger partial charge in [0.05, 0.1) is 30.8 Å². The number of thioether (sulfide) groups is 1. The highest BCUT2D eigenvalue weighted by Gasteiger charge is 2.36. The van der Waals surface area contributed by atoms with Gasteiger partial charge in [-0.3, -0.25) is 19.3 Å². The zero-order valence-electron chi connectivity index (χ0n) is 19.0. The fourth-order valence-corrected chi connectivity index (χ4v) is 3.80. The Kier molecular flexibility index (Phi) is 7.95. The normalized spacial score (nSPS) is 14.5. The van der Waals surface area contributed by atoms with Crippen LogP contribution < -0.4 is 14.2 Å². The monoisotopic (exact) mass is 485 g/mol. The van der Waals surface area contributed by atoms with Crippen molar-refractivity contribution >= 4 is 40.9 Å². The van der Waals surface area contributed by atoms with Crippen molar-refractivity contribution in [1.82, 2.24) is 4.90 Å². The smallest absolute Gasteiger partial charge is 0.343 e. The molecule has 0 spiro atoms. The average Bonchev–Trinajstić information content (AvgIpc) is 3.06. The molecular formula is C24H23NO8S. The van der Waals surface area contributed by atoms with Crippen molar-refractivity contribution < 1.29 is 38.1 Å². The van der Waals surface area contributed by atoms with Gasteiger partial charge in [0, 0.05) is 0 Å². The Balaban J connectivity index is 1.79. The van der Waals surface area contributed by atoms with E-state index in [0.717, 1.165) is 4.90 Å². The van der Waals surface area contributed by atoms with E-state index in [2.05, 4.69) is 0 Å². The summed E-state index contributed by atoms with van der Waals surface area (Å²) in [6, 6.07) is 11.1. The van der Waals surface area contributed by atoms with Crippen LogP contribution in [0.2, 0.25) is 0 Å². The zero-order chi connectivity index (χ0) is 24.8. The summed E-state index contributed by atoms with van der Waals surface area (Å²) < 4.78 is 20.9. The van der Waals surface area contributed by atoms with E-state index < -0.39 is 29.6 Å². The maximum absolute atomic E-state index is 12.7. The lowest BCUT2D eigenvalue weighted by Gasteiger charge is -2.13. The fourth-order valence-electron chi connectivity index (χ4n) is 2.97. The molecule has 0 aromatic heterocycles. The molecule has 0 saturated carbocycles. The Hall–Kier alpha value is -3.79. The zero-order valence-corrected chi connectivity index (χ0v) is 19.8. The van der Waals surface area contributed by atoms with Crippen LogP contribution in [0.25, 0.3) is 6.08 Å². The molecule has 2 amide bonds. The van der Waals surface area contributed by atoms with Gasteiger partial charge in [-0.15, -0.1) is 0 Å². The van der Waals surface area contributed by atoms with E-state index in [-0.39, 0.29) is 16.8 Å². The maximum Gasteiger partial charge on any atom is 0.343 e. The summed E-state index contributed by atoms with van der Waals surface area (Å²) >= 11 is 0.707. The first kappa shape index (κ1) is 24.8. The number of hydrogen-bond donors (Lipinski definition) is 0. The van der Waals surface area contributed by atoms with Gasteiger partial charge in [0.1, 0.15) is 12.3 Å². The lowest BCUT2D eigenvalue weighted by Crippen LogP contribution is -2.35. The Bertz CT molecular complexity index is 1140. The summed E-state index contributed by atoms with van der Waals surface area (Å²) in [5, 5.41) is -0.573. The van der Waals surface area contributed by atoms with E-state index in [0.29, 0.717) is 34.4 Å². The molecule has 2 aromatic rings. The van der Waals surface area contributed by atoms with Gasteiger partial charge < -0.3 is 18.9 Å². The number of nitrogens with zero attached hydrogens (tertiary/aromatic N) is 1. The van der Waals surface area contributed by atoms with Crippen LogP contribution in [0.1, 0.15) is 29.8 Å². The molecule has 0 aliphatic carbocycles. The molecule has 9 nitrogen and oxygen atoms in total. The number of benzene rings is 2. The van der Waals surface area contributed by atoms with Gasteiger partial charge in [0.2, 0.25) is 0 Å². The standard InChI is InChI=1S/C24H23NO8S/c1-14(2)32-21(26)13-25-22(27)20(34-24(25)29)12-15-5-10-18(31-4)19(11-15)33-23(28)16-6-8-17(30-3)9-7-16/h5-12,14H,13H2,1-4H3/b20-12-. The molecular weight excluding hydrogens is 462 g/mol. The second-order valence-corrected chi connectivity index (χ2v) is 8.33. The fraction of sp³-hybridized carbons (Fsp3) is 0.250. The first-order valence-corrected chi connectivity index (χ1v) is 11.0. The largest absolute Gasteiger partial charge is 0.497 e. The molecule has 1 fully saturated rings. The van der Waals surface area contributed by atoms with Crippen LogP contribution in [-0.2, 0) is 14.3 Å². The molecule has 10 heteroatoms. The second kappa shape index (κ2) is 10.9. The van der Waals surface area contributed by atoms with Gasteiger partial charge in [-0.25, -0.2) is 4.79 Å². The van der Waals surface area contributed by atoms with Crippen molar-refractivity contribution in [2.45, 2.75) is 20.0 Å². The first-order chi connectivity index (χ1) is 16.2. The van der Waals surface area contributed by atoms with E-state index in [4.69, 9.17) is 18.9 Å². The van der Waals surface area contributed by atoms with Crippen molar-refractivity contribution in [3.05, 3.63) is 58.5 Å². The van der Waals surface area contributed by atoms with Crippen molar-refractivity contribution in [3.8, 4) is 17.2 Å². The van der Waals surface area contributed by atoms with Crippen molar-refractivity contribution in [1.29, 1.82) is 0 Å². The minimum Gasteiger partial charge on any atom is -0.497 e. The number of ether oxygens (including phenoxy) is 4. The quantitative estimate of drug-likeness (QED) is 0.312. The number of rotatable bonds is 8. The van der Waals surface area contributed by atoms with Crippen molar-refractivity contribution in [2.75, 3.05) is 20.8 Å². The molecule has 2 aromatic carbocycles. The molecule has 0 radical (unpaired) electrons. The molecule has 0 atom stereocenters. The number of methoxy groups -OCH3 is 2. The lowest BCUT2D eigenvalue weighted by molar-refractivity contribution is -0.149. The van der Waals surface area contributed by atoms with E-state index in [1.807, 2.05) is 0 Å². The topological polar surface area (TPSA) is 108 Å². The third-order valence-electron chi connectivity index (χ3n) is 4.54. The minimum absolute atomic E-state index is 0.125. The van der Waals surface area contributed by atoms with Crippen LogP contribution in [0.5, 0.6) is 17.2 Å². The highest BCUT2D eigenvalue weighted by molar-refractivity contribution is 8.18. The van der Waals surface area contributed by atoms with Gasteiger partial charge in [0.25, 0.3) is 11.1 Å². The predicted molar refractivity (Wildman–Crippen MR) is 125 cm³/mol. The summed E-state index contributed by atoms with van der Waals surface area (Å²) in [5.41, 5.74) is 0.802. The second-order valence-electron chi connectivity index (χ2n) is 7.33. The van der Waals surface area contributed by atoms with Gasteiger partial charge in [-0.2, -0.15) is 0 Å². The highest BCUT2D eigenvalue weighted by Crippen LogP contribution is 2.35. The number of carbonyl (C=O) groups is 4. The third kappa shape index (κ3) is 5.96. The van der Waals surface area contributed by atoms with Crippen molar-refractivity contribution in [2.24, 2.45) is 0 Å². The molecule has 0 unspecified atom stereocenters. The predicted octanol–water partition coefficient (Wildman–Crippen LogP) is 3.91. The lowest BCUT2D eigenvalue weighted by atomic mass is 10.1.